The number of fused-ring (bicyclic) bond motifs is 1. The number of amides is 3. The fourth-order valence-corrected chi connectivity index (χ4v) is 5.02. The SMILES string of the molecule is CCCc1c(OCCCCCN2C(=O)CN(c3cc(Cl)cc(Cl)c3)C2=O)ccc2c(C(F)(F)F)cc(=O)oc12. The maximum Gasteiger partial charge on any atom is 0.417 e. The summed E-state index contributed by atoms with van der Waals surface area (Å²) in [6.07, 6.45) is -2.00. The summed E-state index contributed by atoms with van der Waals surface area (Å²) in [5.74, 6) is 0.0278. The summed E-state index contributed by atoms with van der Waals surface area (Å²) in [6.45, 7) is 2.23. The lowest BCUT2D eigenvalue weighted by atomic mass is 10.0. The van der Waals surface area contributed by atoms with Crippen LogP contribution in [0.2, 0.25) is 10.0 Å². The molecule has 39 heavy (non-hydrogen) atoms. The van der Waals surface area contributed by atoms with Crippen LogP contribution in [0.25, 0.3) is 11.0 Å². The van der Waals surface area contributed by atoms with Gasteiger partial charge >= 0.3 is 17.8 Å². The van der Waals surface area contributed by atoms with Crippen LogP contribution in [0.15, 0.2) is 45.6 Å². The number of halogens is 5. The summed E-state index contributed by atoms with van der Waals surface area (Å²) < 4.78 is 51.4. The minimum absolute atomic E-state index is 0.104. The van der Waals surface area contributed by atoms with Crippen molar-refractivity contribution < 1.29 is 31.9 Å². The molecule has 4 rings (SSSR count). The highest BCUT2D eigenvalue weighted by Gasteiger charge is 2.37. The summed E-state index contributed by atoms with van der Waals surface area (Å²) in [6, 6.07) is 7.38. The van der Waals surface area contributed by atoms with E-state index in [1.807, 2.05) is 6.92 Å². The Morgan fingerprint density at radius 3 is 2.38 bits per heavy atom. The van der Waals surface area contributed by atoms with Gasteiger partial charge in [-0.15, -0.1) is 0 Å². The molecule has 2 aromatic carbocycles. The van der Waals surface area contributed by atoms with E-state index in [1.54, 1.807) is 12.1 Å². The van der Waals surface area contributed by atoms with E-state index in [-0.39, 0.29) is 36.6 Å². The zero-order valence-electron chi connectivity index (χ0n) is 20.9. The van der Waals surface area contributed by atoms with Gasteiger partial charge in [0.2, 0.25) is 0 Å². The maximum atomic E-state index is 13.5. The molecule has 0 saturated carbocycles. The Morgan fingerprint density at radius 2 is 1.72 bits per heavy atom. The Hall–Kier alpha value is -3.24. The van der Waals surface area contributed by atoms with Gasteiger partial charge in [-0.25, -0.2) is 9.59 Å². The van der Waals surface area contributed by atoms with Crippen molar-refractivity contribution in [3.05, 3.63) is 68.0 Å². The number of ether oxygens (including phenoxy) is 1. The molecule has 0 N–H and O–H groups in total. The first-order valence-electron chi connectivity index (χ1n) is 12.4. The largest absolute Gasteiger partial charge is 0.493 e. The van der Waals surface area contributed by atoms with Crippen molar-refractivity contribution in [2.24, 2.45) is 0 Å². The number of carbonyl (C=O) groups excluding carboxylic acids is 2. The summed E-state index contributed by atoms with van der Waals surface area (Å²) in [7, 11) is 0. The van der Waals surface area contributed by atoms with E-state index >= 15 is 0 Å². The first kappa shape index (κ1) is 28.8. The van der Waals surface area contributed by atoms with Crippen LogP contribution >= 0.6 is 23.2 Å². The van der Waals surface area contributed by atoms with Crippen molar-refractivity contribution in [1.82, 2.24) is 4.90 Å². The quantitative estimate of drug-likeness (QED) is 0.144. The van der Waals surface area contributed by atoms with E-state index in [0.717, 1.165) is 0 Å². The first-order valence-corrected chi connectivity index (χ1v) is 13.1. The molecular formula is C27H25Cl2F3N2O5. The van der Waals surface area contributed by atoms with Gasteiger partial charge in [-0.2, -0.15) is 13.2 Å². The summed E-state index contributed by atoms with van der Waals surface area (Å²) in [5, 5.41) is 0.521. The molecular weight excluding hydrogens is 560 g/mol. The molecule has 2 heterocycles. The zero-order chi connectivity index (χ0) is 28.3. The number of alkyl halides is 3. The Labute approximate surface area is 232 Å². The van der Waals surface area contributed by atoms with Crippen molar-refractivity contribution in [3.8, 4) is 5.75 Å². The maximum absolute atomic E-state index is 13.5. The second-order valence-electron chi connectivity index (χ2n) is 9.10. The summed E-state index contributed by atoms with van der Waals surface area (Å²) in [5.41, 5.74) is -1.38. The predicted molar refractivity (Wildman–Crippen MR) is 142 cm³/mol. The van der Waals surface area contributed by atoms with Gasteiger partial charge in [0.1, 0.15) is 17.9 Å². The molecule has 0 aliphatic carbocycles. The number of benzene rings is 2. The normalized spacial score (nSPS) is 14.1. The molecule has 0 bridgehead atoms. The van der Waals surface area contributed by atoms with Crippen molar-refractivity contribution in [1.29, 1.82) is 0 Å². The van der Waals surface area contributed by atoms with Gasteiger partial charge < -0.3 is 9.15 Å². The minimum Gasteiger partial charge on any atom is -0.493 e. The molecule has 3 aromatic rings. The Bertz CT molecular complexity index is 1440. The molecule has 0 radical (unpaired) electrons. The molecule has 1 saturated heterocycles. The van der Waals surface area contributed by atoms with Crippen molar-refractivity contribution in [3.63, 3.8) is 0 Å². The molecule has 0 atom stereocenters. The molecule has 208 valence electrons. The van der Waals surface area contributed by atoms with Crippen molar-refractivity contribution >= 4 is 51.8 Å². The van der Waals surface area contributed by atoms with Crippen LogP contribution in [0.5, 0.6) is 5.75 Å². The molecule has 1 aromatic heterocycles. The average molecular weight is 585 g/mol. The third-order valence-corrected chi connectivity index (χ3v) is 6.71. The van der Waals surface area contributed by atoms with Crippen LogP contribution in [-0.4, -0.2) is 36.5 Å². The fraction of sp³-hybridized carbons (Fsp3) is 0.370. The minimum atomic E-state index is -4.70. The van der Waals surface area contributed by atoms with Crippen LogP contribution in [0.1, 0.15) is 43.7 Å². The number of carbonyl (C=O) groups is 2. The highest BCUT2D eigenvalue weighted by atomic mass is 35.5. The third kappa shape index (κ3) is 6.50. The van der Waals surface area contributed by atoms with E-state index in [2.05, 4.69) is 0 Å². The van der Waals surface area contributed by atoms with Gasteiger partial charge in [-0.3, -0.25) is 14.6 Å². The predicted octanol–water partition coefficient (Wildman–Crippen LogP) is 7.09. The smallest absolute Gasteiger partial charge is 0.417 e. The zero-order valence-corrected chi connectivity index (χ0v) is 22.5. The molecule has 3 amide bonds. The lowest BCUT2D eigenvalue weighted by Crippen LogP contribution is -2.33. The Balaban J connectivity index is 1.35. The average Bonchev–Trinajstić information content (AvgIpc) is 3.14. The number of urea groups is 1. The molecule has 1 aliphatic rings. The summed E-state index contributed by atoms with van der Waals surface area (Å²) >= 11 is 12.0. The first-order chi connectivity index (χ1) is 18.5. The van der Waals surface area contributed by atoms with Crippen LogP contribution in [0.3, 0.4) is 0 Å². The number of nitrogens with zero attached hydrogens (tertiary/aromatic N) is 2. The lowest BCUT2D eigenvalue weighted by Gasteiger charge is -2.18. The highest BCUT2D eigenvalue weighted by Crippen LogP contribution is 2.37. The van der Waals surface area contributed by atoms with E-state index in [9.17, 15) is 27.6 Å². The van der Waals surface area contributed by atoms with Crippen LogP contribution in [0.4, 0.5) is 23.7 Å². The molecule has 1 aliphatic heterocycles. The van der Waals surface area contributed by atoms with E-state index < -0.39 is 23.4 Å². The topological polar surface area (TPSA) is 80.1 Å². The number of imide groups is 1. The van der Waals surface area contributed by atoms with E-state index in [4.69, 9.17) is 32.4 Å². The van der Waals surface area contributed by atoms with Gasteiger partial charge in [0, 0.05) is 39.3 Å². The lowest BCUT2D eigenvalue weighted by molar-refractivity contribution is -0.136. The molecule has 0 spiro atoms. The van der Waals surface area contributed by atoms with Crippen LogP contribution in [-0.2, 0) is 17.4 Å². The van der Waals surface area contributed by atoms with E-state index in [0.29, 0.717) is 65.2 Å². The van der Waals surface area contributed by atoms with Gasteiger partial charge in [0.05, 0.1) is 12.2 Å². The number of aryl methyl sites for hydroxylation is 1. The Morgan fingerprint density at radius 1 is 1.00 bits per heavy atom. The summed E-state index contributed by atoms with van der Waals surface area (Å²) in [4.78, 5) is 39.6. The van der Waals surface area contributed by atoms with Gasteiger partial charge in [-0.05, 0) is 56.0 Å². The third-order valence-electron chi connectivity index (χ3n) is 6.28. The van der Waals surface area contributed by atoms with Gasteiger partial charge in [0.15, 0.2) is 0 Å². The van der Waals surface area contributed by atoms with Gasteiger partial charge in [-0.1, -0.05) is 36.5 Å². The van der Waals surface area contributed by atoms with Crippen molar-refractivity contribution in [2.75, 3.05) is 24.6 Å². The highest BCUT2D eigenvalue weighted by molar-refractivity contribution is 6.35. The monoisotopic (exact) mass is 584 g/mol. The number of hydrogen-bond acceptors (Lipinski definition) is 5. The Kier molecular flexibility index (Phi) is 8.76. The molecule has 0 unspecified atom stereocenters. The van der Waals surface area contributed by atoms with Gasteiger partial charge in [0.25, 0.3) is 5.91 Å². The fourth-order valence-electron chi connectivity index (χ4n) is 4.51. The van der Waals surface area contributed by atoms with Crippen LogP contribution in [0, 0.1) is 0 Å². The second-order valence-corrected chi connectivity index (χ2v) is 9.97. The number of hydrogen-bond donors (Lipinski definition) is 0. The standard InChI is InChI=1S/C27H25Cl2F3N2O5/c1-2-6-20-22(8-7-19-21(27(30,31)32)14-24(36)39-25(19)20)38-10-5-3-4-9-33-23(35)15-34(26(33)37)18-12-16(28)11-17(29)13-18/h7-8,11-14H,2-6,9-10,15H2,1H3. The molecule has 1 fully saturated rings. The van der Waals surface area contributed by atoms with Crippen molar-refractivity contribution in [2.45, 2.75) is 45.2 Å². The number of anilines is 1. The van der Waals surface area contributed by atoms with Crippen LogP contribution < -0.4 is 15.3 Å². The number of rotatable bonds is 10. The molecule has 7 nitrogen and oxygen atoms in total. The van der Waals surface area contributed by atoms with E-state index in [1.165, 1.54) is 28.0 Å². The second kappa shape index (κ2) is 11.9. The molecule has 12 heteroatoms. The number of unbranched alkanes of at least 4 members (excludes halogenated alkanes) is 2.